The molecule has 0 fully saturated rings. The van der Waals surface area contributed by atoms with Crippen LogP contribution in [-0.4, -0.2) is 22.1 Å². The molecule has 6 heteroatoms. The van der Waals surface area contributed by atoms with Crippen LogP contribution in [0.5, 0.6) is 0 Å². The zero-order valence-corrected chi connectivity index (χ0v) is 11.3. The van der Waals surface area contributed by atoms with E-state index in [0.717, 1.165) is 10.4 Å². The van der Waals surface area contributed by atoms with E-state index in [1.165, 1.54) is 0 Å². The van der Waals surface area contributed by atoms with Crippen molar-refractivity contribution < 1.29 is 14.3 Å². The molecule has 5 nitrogen and oxygen atoms in total. The summed E-state index contributed by atoms with van der Waals surface area (Å²) >= 11 is 1.56. The number of aromatic nitrogens is 1. The minimum Gasteiger partial charge on any atom is -0.480 e. The smallest absolute Gasteiger partial charge is 0.320 e. The maximum atomic E-state index is 10.8. The molecule has 3 rings (SSSR count). The summed E-state index contributed by atoms with van der Waals surface area (Å²) in [7, 11) is 0. The Morgan fingerprint density at radius 1 is 1.45 bits per heavy atom. The van der Waals surface area contributed by atoms with Crippen molar-refractivity contribution >= 4 is 28.4 Å². The third kappa shape index (κ3) is 2.43. The monoisotopic (exact) mass is 288 g/mol. The number of carboxylic acids is 1. The maximum Gasteiger partial charge on any atom is 0.320 e. The van der Waals surface area contributed by atoms with Gasteiger partial charge in [-0.05, 0) is 35.6 Å². The lowest BCUT2D eigenvalue weighted by molar-refractivity contribution is -0.138. The third-order valence-electron chi connectivity index (χ3n) is 2.96. The molecular weight excluding hydrogens is 276 g/mol. The first-order chi connectivity index (χ1) is 9.63. The summed E-state index contributed by atoms with van der Waals surface area (Å²) in [5, 5.41) is 10.8. The standard InChI is InChI=1S/C14H12N2O3S/c15-9(14(17)18)6-8-3-4-11-10(7-8)16-13(19-11)12-2-1-5-20-12/h1-5,7,9H,6,15H2,(H,17,18)/t9-/m0/s1. The van der Waals surface area contributed by atoms with Crippen molar-refractivity contribution in [1.82, 2.24) is 4.98 Å². The Morgan fingerprint density at radius 3 is 3.00 bits per heavy atom. The Kier molecular flexibility index (Phi) is 3.25. The number of benzene rings is 1. The predicted molar refractivity (Wildman–Crippen MR) is 76.6 cm³/mol. The highest BCUT2D eigenvalue weighted by Gasteiger charge is 2.14. The quantitative estimate of drug-likeness (QED) is 0.770. The van der Waals surface area contributed by atoms with Crippen LogP contribution in [0.25, 0.3) is 21.9 Å². The summed E-state index contributed by atoms with van der Waals surface area (Å²) in [5.41, 5.74) is 7.76. The number of carboxylic acid groups (broad SMARTS) is 1. The maximum absolute atomic E-state index is 10.8. The van der Waals surface area contributed by atoms with Crippen molar-refractivity contribution in [2.45, 2.75) is 12.5 Å². The molecule has 1 aromatic carbocycles. The molecule has 0 radical (unpaired) electrons. The van der Waals surface area contributed by atoms with Gasteiger partial charge in [-0.2, -0.15) is 0 Å². The number of aliphatic carboxylic acids is 1. The highest BCUT2D eigenvalue weighted by atomic mass is 32.1. The van der Waals surface area contributed by atoms with Crippen LogP contribution in [0.15, 0.2) is 40.1 Å². The summed E-state index contributed by atoms with van der Waals surface area (Å²) < 4.78 is 5.67. The van der Waals surface area contributed by atoms with Gasteiger partial charge >= 0.3 is 5.97 Å². The fourth-order valence-corrected chi connectivity index (χ4v) is 2.60. The summed E-state index contributed by atoms with van der Waals surface area (Å²) in [5.74, 6) is -0.431. The lowest BCUT2D eigenvalue weighted by Gasteiger charge is -2.05. The molecule has 1 atom stereocenters. The first-order valence-electron chi connectivity index (χ1n) is 6.05. The molecule has 2 aromatic heterocycles. The number of carbonyl (C=O) groups is 1. The van der Waals surface area contributed by atoms with Gasteiger partial charge in [-0.15, -0.1) is 11.3 Å². The average molecular weight is 288 g/mol. The molecule has 0 aliphatic carbocycles. The van der Waals surface area contributed by atoms with E-state index in [9.17, 15) is 4.79 Å². The topological polar surface area (TPSA) is 89.4 Å². The van der Waals surface area contributed by atoms with Crippen LogP contribution in [0.1, 0.15) is 5.56 Å². The molecule has 0 unspecified atom stereocenters. The fraction of sp³-hybridized carbons (Fsp3) is 0.143. The van der Waals surface area contributed by atoms with Gasteiger partial charge in [-0.25, -0.2) is 4.98 Å². The summed E-state index contributed by atoms with van der Waals surface area (Å²) in [4.78, 5) is 16.2. The van der Waals surface area contributed by atoms with Gasteiger partial charge in [0.25, 0.3) is 0 Å². The van der Waals surface area contributed by atoms with E-state index in [2.05, 4.69) is 4.98 Å². The number of hydrogen-bond acceptors (Lipinski definition) is 5. The normalized spacial score (nSPS) is 12.7. The molecule has 0 bridgehead atoms. The van der Waals surface area contributed by atoms with Crippen LogP contribution in [0.2, 0.25) is 0 Å². The second-order valence-electron chi connectivity index (χ2n) is 4.45. The number of thiophene rings is 1. The first-order valence-corrected chi connectivity index (χ1v) is 6.93. The number of fused-ring (bicyclic) bond motifs is 1. The number of hydrogen-bond donors (Lipinski definition) is 2. The van der Waals surface area contributed by atoms with Crippen molar-refractivity contribution in [3.05, 3.63) is 41.3 Å². The molecule has 0 amide bonds. The van der Waals surface area contributed by atoms with Gasteiger partial charge in [0.05, 0.1) is 4.88 Å². The lowest BCUT2D eigenvalue weighted by Crippen LogP contribution is -2.32. The molecule has 0 aliphatic rings. The SMILES string of the molecule is N[C@@H](Cc1ccc2oc(-c3cccs3)nc2c1)C(=O)O. The summed E-state index contributed by atoms with van der Waals surface area (Å²) in [6.45, 7) is 0. The Bertz CT molecular complexity index is 749. The van der Waals surface area contributed by atoms with E-state index in [1.54, 1.807) is 17.4 Å². The van der Waals surface area contributed by atoms with E-state index in [0.29, 0.717) is 17.0 Å². The van der Waals surface area contributed by atoms with Gasteiger partial charge < -0.3 is 15.3 Å². The van der Waals surface area contributed by atoms with E-state index in [-0.39, 0.29) is 6.42 Å². The molecule has 3 aromatic rings. The second kappa shape index (κ2) is 5.07. The number of nitrogens with zero attached hydrogens (tertiary/aromatic N) is 1. The highest BCUT2D eigenvalue weighted by Crippen LogP contribution is 2.28. The zero-order valence-electron chi connectivity index (χ0n) is 10.4. The van der Waals surface area contributed by atoms with E-state index in [1.807, 2.05) is 29.6 Å². The lowest BCUT2D eigenvalue weighted by atomic mass is 10.1. The van der Waals surface area contributed by atoms with Crippen LogP contribution in [-0.2, 0) is 11.2 Å². The van der Waals surface area contributed by atoms with Crippen molar-refractivity contribution in [2.75, 3.05) is 0 Å². The number of nitrogens with two attached hydrogens (primary N) is 1. The van der Waals surface area contributed by atoms with Crippen LogP contribution < -0.4 is 5.73 Å². The van der Waals surface area contributed by atoms with Gasteiger partial charge in [0.1, 0.15) is 11.6 Å². The van der Waals surface area contributed by atoms with Crippen molar-refractivity contribution in [3.8, 4) is 10.8 Å². The van der Waals surface area contributed by atoms with E-state index >= 15 is 0 Å². The van der Waals surface area contributed by atoms with Gasteiger partial charge in [0.15, 0.2) is 5.58 Å². The average Bonchev–Trinajstić information content (AvgIpc) is 3.06. The Labute approximate surface area is 118 Å². The Hall–Kier alpha value is -2.18. The van der Waals surface area contributed by atoms with E-state index in [4.69, 9.17) is 15.3 Å². The van der Waals surface area contributed by atoms with Gasteiger partial charge in [-0.3, -0.25) is 4.79 Å². The molecule has 0 saturated carbocycles. The largest absolute Gasteiger partial charge is 0.480 e. The fourth-order valence-electron chi connectivity index (χ4n) is 1.95. The molecule has 102 valence electrons. The number of oxazole rings is 1. The molecular formula is C14H12N2O3S. The van der Waals surface area contributed by atoms with Crippen molar-refractivity contribution in [2.24, 2.45) is 5.73 Å². The van der Waals surface area contributed by atoms with Crippen molar-refractivity contribution in [1.29, 1.82) is 0 Å². The zero-order chi connectivity index (χ0) is 14.1. The van der Waals surface area contributed by atoms with Gasteiger partial charge in [-0.1, -0.05) is 12.1 Å². The predicted octanol–water partition coefficient (Wildman–Crippen LogP) is 2.51. The van der Waals surface area contributed by atoms with Crippen LogP contribution in [0.3, 0.4) is 0 Å². The molecule has 3 N–H and O–H groups in total. The Morgan fingerprint density at radius 2 is 2.30 bits per heavy atom. The molecule has 0 aliphatic heterocycles. The molecule has 2 heterocycles. The van der Waals surface area contributed by atoms with Gasteiger partial charge in [0, 0.05) is 0 Å². The van der Waals surface area contributed by atoms with Gasteiger partial charge in [0.2, 0.25) is 5.89 Å². The highest BCUT2D eigenvalue weighted by molar-refractivity contribution is 7.13. The summed E-state index contributed by atoms with van der Waals surface area (Å²) in [6.07, 6.45) is 0.270. The van der Waals surface area contributed by atoms with E-state index < -0.39 is 12.0 Å². The minimum atomic E-state index is -1.01. The Balaban J connectivity index is 1.93. The molecule has 0 spiro atoms. The summed E-state index contributed by atoms with van der Waals surface area (Å²) in [6, 6.07) is 8.40. The number of rotatable bonds is 4. The molecule has 0 saturated heterocycles. The second-order valence-corrected chi connectivity index (χ2v) is 5.39. The molecule has 20 heavy (non-hydrogen) atoms. The van der Waals surface area contributed by atoms with Crippen molar-refractivity contribution in [3.63, 3.8) is 0 Å². The van der Waals surface area contributed by atoms with Crippen LogP contribution >= 0.6 is 11.3 Å². The first kappa shape index (κ1) is 12.8. The van der Waals surface area contributed by atoms with Crippen LogP contribution in [0.4, 0.5) is 0 Å². The minimum absolute atomic E-state index is 0.270. The third-order valence-corrected chi connectivity index (χ3v) is 3.81. The van der Waals surface area contributed by atoms with Crippen LogP contribution in [0, 0.1) is 0 Å².